The highest BCUT2D eigenvalue weighted by Crippen LogP contribution is 2.23. The van der Waals surface area contributed by atoms with E-state index in [9.17, 15) is 0 Å². The van der Waals surface area contributed by atoms with Gasteiger partial charge < -0.3 is 5.32 Å². The van der Waals surface area contributed by atoms with Crippen molar-refractivity contribution in [1.82, 2.24) is 5.32 Å². The molecule has 0 fully saturated rings. The Hall–Kier alpha value is -0.470. The Morgan fingerprint density at radius 3 is 2.67 bits per heavy atom. The molecule has 1 nitrogen and oxygen atoms in total. The molecule has 1 aromatic rings. The van der Waals surface area contributed by atoms with Gasteiger partial charge in [0.1, 0.15) is 0 Å². The quantitative estimate of drug-likeness (QED) is 0.765. The molecule has 0 aliphatic rings. The Balaban J connectivity index is 2.77. The van der Waals surface area contributed by atoms with Crippen LogP contribution in [0.15, 0.2) is 23.1 Å². The molecule has 84 valence electrons. The fourth-order valence-corrected chi connectivity index (χ4v) is 2.25. The minimum atomic E-state index is 0.546. The van der Waals surface area contributed by atoms with E-state index < -0.39 is 0 Å². The van der Waals surface area contributed by atoms with E-state index in [1.807, 2.05) is 11.8 Å². The van der Waals surface area contributed by atoms with E-state index in [1.165, 1.54) is 16.0 Å². The van der Waals surface area contributed by atoms with Gasteiger partial charge in [0.05, 0.1) is 0 Å². The van der Waals surface area contributed by atoms with Crippen LogP contribution >= 0.6 is 11.8 Å². The van der Waals surface area contributed by atoms with E-state index in [-0.39, 0.29) is 0 Å². The molecule has 0 aliphatic carbocycles. The molecule has 0 amide bonds. The van der Waals surface area contributed by atoms with Gasteiger partial charge in [-0.25, -0.2) is 0 Å². The maximum Gasteiger partial charge on any atom is 0.0219 e. The third kappa shape index (κ3) is 4.27. The van der Waals surface area contributed by atoms with Crippen LogP contribution in [0.5, 0.6) is 0 Å². The zero-order valence-corrected chi connectivity index (χ0v) is 10.9. The van der Waals surface area contributed by atoms with Crippen LogP contribution in [-0.4, -0.2) is 11.8 Å². The van der Waals surface area contributed by atoms with Crippen LogP contribution < -0.4 is 5.32 Å². The Bertz CT molecular complexity index is 307. The smallest absolute Gasteiger partial charge is 0.0219 e. The second-order valence-corrected chi connectivity index (χ2v) is 5.39. The van der Waals surface area contributed by atoms with Gasteiger partial charge in [-0.15, -0.1) is 11.8 Å². The number of thioether (sulfide) groups is 1. The van der Waals surface area contributed by atoms with Gasteiger partial charge in [0.25, 0.3) is 0 Å². The van der Waals surface area contributed by atoms with Crippen molar-refractivity contribution in [2.75, 3.05) is 5.75 Å². The van der Waals surface area contributed by atoms with Gasteiger partial charge in [-0.05, 0) is 24.3 Å². The summed E-state index contributed by atoms with van der Waals surface area (Å²) < 4.78 is 0. The molecule has 1 N–H and O–H groups in total. The van der Waals surface area contributed by atoms with Gasteiger partial charge in [-0.1, -0.05) is 38.5 Å². The van der Waals surface area contributed by atoms with Crippen LogP contribution in [0.25, 0.3) is 0 Å². The predicted octanol–water partition coefficient (Wildman–Crippen LogP) is 3.61. The molecule has 2 heteroatoms. The maximum atomic E-state index is 3.47. The Morgan fingerprint density at radius 1 is 1.33 bits per heavy atom. The standard InChI is InChI=1S/C13H21NS/c1-5-15-13-7-6-11(4)8-12(13)9-14-10(2)3/h6-8,10,14H,5,9H2,1-4H3. The van der Waals surface area contributed by atoms with Crippen LogP contribution in [0.1, 0.15) is 31.9 Å². The Morgan fingerprint density at radius 2 is 2.07 bits per heavy atom. The first-order valence-electron chi connectivity index (χ1n) is 5.59. The normalized spacial score (nSPS) is 11.0. The number of benzene rings is 1. The number of hydrogen-bond donors (Lipinski definition) is 1. The summed E-state index contributed by atoms with van der Waals surface area (Å²) in [5.74, 6) is 1.14. The third-order valence-corrected chi connectivity index (χ3v) is 3.21. The summed E-state index contributed by atoms with van der Waals surface area (Å²) in [5.41, 5.74) is 2.77. The molecule has 0 aromatic heterocycles. The summed E-state index contributed by atoms with van der Waals surface area (Å²) in [5, 5.41) is 3.47. The topological polar surface area (TPSA) is 12.0 Å². The minimum Gasteiger partial charge on any atom is -0.310 e. The van der Waals surface area contributed by atoms with Gasteiger partial charge in [0.15, 0.2) is 0 Å². The predicted molar refractivity (Wildman–Crippen MR) is 69.6 cm³/mol. The molecular formula is C13H21NS. The zero-order valence-electron chi connectivity index (χ0n) is 10.1. The van der Waals surface area contributed by atoms with E-state index in [2.05, 4.69) is 51.2 Å². The molecule has 0 radical (unpaired) electrons. The van der Waals surface area contributed by atoms with Crippen molar-refractivity contribution >= 4 is 11.8 Å². The molecule has 0 saturated carbocycles. The van der Waals surface area contributed by atoms with Crippen LogP contribution in [0.3, 0.4) is 0 Å². The minimum absolute atomic E-state index is 0.546. The van der Waals surface area contributed by atoms with Gasteiger partial charge in [-0.3, -0.25) is 0 Å². The number of nitrogens with one attached hydrogen (secondary N) is 1. The molecule has 0 aliphatic heterocycles. The zero-order chi connectivity index (χ0) is 11.3. The molecule has 0 bridgehead atoms. The molecule has 0 unspecified atom stereocenters. The lowest BCUT2D eigenvalue weighted by molar-refractivity contribution is 0.584. The number of hydrogen-bond acceptors (Lipinski definition) is 2. The van der Waals surface area contributed by atoms with E-state index in [0.29, 0.717) is 6.04 Å². The highest BCUT2D eigenvalue weighted by atomic mass is 32.2. The van der Waals surface area contributed by atoms with Gasteiger partial charge in [0.2, 0.25) is 0 Å². The average Bonchev–Trinajstić information content (AvgIpc) is 2.18. The first-order chi connectivity index (χ1) is 7.13. The molecule has 0 atom stereocenters. The molecule has 1 aromatic carbocycles. The number of aryl methyl sites for hydroxylation is 1. The van der Waals surface area contributed by atoms with E-state index in [0.717, 1.165) is 12.3 Å². The molecular weight excluding hydrogens is 202 g/mol. The van der Waals surface area contributed by atoms with Gasteiger partial charge in [0, 0.05) is 17.5 Å². The average molecular weight is 223 g/mol. The number of rotatable bonds is 5. The summed E-state index contributed by atoms with van der Waals surface area (Å²) in [6.45, 7) is 9.69. The van der Waals surface area contributed by atoms with Crippen LogP contribution in [-0.2, 0) is 6.54 Å². The van der Waals surface area contributed by atoms with Crippen LogP contribution in [0.4, 0.5) is 0 Å². The summed E-state index contributed by atoms with van der Waals surface area (Å²) in [7, 11) is 0. The lowest BCUT2D eigenvalue weighted by Gasteiger charge is -2.12. The molecule has 15 heavy (non-hydrogen) atoms. The Kier molecular flexibility index (Phi) is 5.20. The molecule has 1 rings (SSSR count). The highest BCUT2D eigenvalue weighted by molar-refractivity contribution is 7.99. The van der Waals surface area contributed by atoms with E-state index in [4.69, 9.17) is 0 Å². The summed E-state index contributed by atoms with van der Waals surface area (Å²) >= 11 is 1.92. The van der Waals surface area contributed by atoms with Crippen molar-refractivity contribution in [3.63, 3.8) is 0 Å². The fourth-order valence-electron chi connectivity index (χ4n) is 1.46. The lowest BCUT2D eigenvalue weighted by atomic mass is 10.1. The summed E-state index contributed by atoms with van der Waals surface area (Å²) in [4.78, 5) is 1.41. The highest BCUT2D eigenvalue weighted by Gasteiger charge is 2.03. The first kappa shape index (κ1) is 12.6. The van der Waals surface area contributed by atoms with Crippen molar-refractivity contribution < 1.29 is 0 Å². The fraction of sp³-hybridized carbons (Fsp3) is 0.538. The maximum absolute atomic E-state index is 3.47. The van der Waals surface area contributed by atoms with Gasteiger partial charge >= 0.3 is 0 Å². The second-order valence-electron chi connectivity index (χ2n) is 4.08. The molecule has 0 heterocycles. The largest absolute Gasteiger partial charge is 0.310 e. The Labute approximate surface area is 97.7 Å². The molecule has 0 spiro atoms. The lowest BCUT2D eigenvalue weighted by Crippen LogP contribution is -2.22. The SMILES string of the molecule is CCSc1ccc(C)cc1CNC(C)C. The first-order valence-corrected chi connectivity index (χ1v) is 6.57. The summed E-state index contributed by atoms with van der Waals surface area (Å²) in [6.07, 6.45) is 0. The van der Waals surface area contributed by atoms with Gasteiger partial charge in [-0.2, -0.15) is 0 Å². The van der Waals surface area contributed by atoms with E-state index >= 15 is 0 Å². The monoisotopic (exact) mass is 223 g/mol. The van der Waals surface area contributed by atoms with Crippen LogP contribution in [0, 0.1) is 6.92 Å². The molecule has 0 saturated heterocycles. The van der Waals surface area contributed by atoms with Crippen molar-refractivity contribution in [3.8, 4) is 0 Å². The van der Waals surface area contributed by atoms with Crippen molar-refractivity contribution in [2.24, 2.45) is 0 Å². The third-order valence-electron chi connectivity index (χ3n) is 2.22. The van der Waals surface area contributed by atoms with Crippen LogP contribution in [0.2, 0.25) is 0 Å². The van der Waals surface area contributed by atoms with Crippen molar-refractivity contribution in [2.45, 2.75) is 45.2 Å². The second kappa shape index (κ2) is 6.19. The van der Waals surface area contributed by atoms with Crippen molar-refractivity contribution in [3.05, 3.63) is 29.3 Å². The summed E-state index contributed by atoms with van der Waals surface area (Å²) in [6, 6.07) is 7.26. The van der Waals surface area contributed by atoms with Crippen molar-refractivity contribution in [1.29, 1.82) is 0 Å². The van der Waals surface area contributed by atoms with E-state index in [1.54, 1.807) is 0 Å².